The summed E-state index contributed by atoms with van der Waals surface area (Å²) < 4.78 is 29.3. The molecule has 0 aromatic carbocycles. The molecule has 0 amide bonds. The van der Waals surface area contributed by atoms with E-state index in [-0.39, 0.29) is 17.1 Å². The van der Waals surface area contributed by atoms with E-state index in [9.17, 15) is 13.2 Å². The fraction of sp³-hybridized carbons (Fsp3) is 0.250. The molecular formula is C12H14N4O4S. The molecule has 0 radical (unpaired) electrons. The van der Waals surface area contributed by atoms with Gasteiger partial charge in [-0.05, 0) is 26.0 Å². The van der Waals surface area contributed by atoms with Crippen molar-refractivity contribution in [2.45, 2.75) is 18.9 Å². The van der Waals surface area contributed by atoms with Crippen LogP contribution in [-0.4, -0.2) is 36.3 Å². The molecule has 2 rings (SSSR count). The minimum absolute atomic E-state index is 0.189. The first-order valence-corrected chi connectivity index (χ1v) is 7.45. The average Bonchev–Trinajstić information content (AvgIpc) is 2.75. The average molecular weight is 310 g/mol. The molecular weight excluding hydrogens is 296 g/mol. The number of ether oxygens (including phenoxy) is 1. The van der Waals surface area contributed by atoms with Gasteiger partial charge >= 0.3 is 5.97 Å². The van der Waals surface area contributed by atoms with Crippen LogP contribution in [0.5, 0.6) is 0 Å². The van der Waals surface area contributed by atoms with Gasteiger partial charge in [0.05, 0.1) is 12.8 Å². The molecule has 0 saturated carbocycles. The monoisotopic (exact) mass is 310 g/mol. The highest BCUT2D eigenvalue weighted by molar-refractivity contribution is 7.89. The SMILES string of the molecule is COC(=O)c1c(C)nn(-c2cccc(C)n2)c1S(N)(=O)=O. The minimum atomic E-state index is -4.20. The topological polar surface area (TPSA) is 117 Å². The zero-order valence-electron chi connectivity index (χ0n) is 11.7. The van der Waals surface area contributed by atoms with Gasteiger partial charge in [0, 0.05) is 5.69 Å². The van der Waals surface area contributed by atoms with Crippen molar-refractivity contribution in [1.29, 1.82) is 0 Å². The molecule has 0 spiro atoms. The maximum Gasteiger partial charge on any atom is 0.342 e. The molecule has 112 valence electrons. The molecule has 9 heteroatoms. The molecule has 2 heterocycles. The number of aryl methyl sites for hydroxylation is 2. The highest BCUT2D eigenvalue weighted by atomic mass is 32.2. The Balaban J connectivity index is 2.82. The Morgan fingerprint density at radius 3 is 2.52 bits per heavy atom. The Bertz CT molecular complexity index is 811. The van der Waals surface area contributed by atoms with Crippen LogP contribution >= 0.6 is 0 Å². The summed E-state index contributed by atoms with van der Waals surface area (Å²) in [6.07, 6.45) is 0. The second-order valence-corrected chi connectivity index (χ2v) is 5.83. The van der Waals surface area contributed by atoms with Crippen molar-refractivity contribution >= 4 is 16.0 Å². The Morgan fingerprint density at radius 1 is 1.33 bits per heavy atom. The molecule has 0 aliphatic carbocycles. The zero-order chi connectivity index (χ0) is 15.8. The number of primary sulfonamides is 1. The van der Waals surface area contributed by atoms with Gasteiger partial charge in [0.25, 0.3) is 10.0 Å². The van der Waals surface area contributed by atoms with Crippen LogP contribution < -0.4 is 5.14 Å². The van der Waals surface area contributed by atoms with Gasteiger partial charge in [0.1, 0.15) is 5.56 Å². The van der Waals surface area contributed by atoms with Crippen LogP contribution in [-0.2, 0) is 14.8 Å². The second-order valence-electron chi connectivity index (χ2n) is 4.35. The third-order valence-corrected chi connectivity index (χ3v) is 3.68. The van der Waals surface area contributed by atoms with E-state index in [1.165, 1.54) is 6.92 Å². The van der Waals surface area contributed by atoms with Gasteiger partial charge in [-0.3, -0.25) is 0 Å². The van der Waals surface area contributed by atoms with E-state index in [0.29, 0.717) is 5.69 Å². The standard InChI is InChI=1S/C12H14N4O4S/c1-7-5-4-6-9(14-7)16-11(21(13,18)19)10(8(2)15-16)12(17)20-3/h4-6H,1-3H3,(H2,13,18,19). The Hall–Kier alpha value is -2.26. The normalized spacial score (nSPS) is 11.4. The van der Waals surface area contributed by atoms with Gasteiger partial charge in [-0.15, -0.1) is 0 Å². The van der Waals surface area contributed by atoms with Crippen molar-refractivity contribution in [3.8, 4) is 5.82 Å². The first-order chi connectivity index (χ1) is 9.75. The summed E-state index contributed by atoms with van der Waals surface area (Å²) >= 11 is 0. The fourth-order valence-electron chi connectivity index (χ4n) is 1.91. The largest absolute Gasteiger partial charge is 0.465 e. The number of nitrogens with zero attached hydrogens (tertiary/aromatic N) is 3. The quantitative estimate of drug-likeness (QED) is 0.816. The van der Waals surface area contributed by atoms with Crippen LogP contribution in [0.4, 0.5) is 0 Å². The lowest BCUT2D eigenvalue weighted by Crippen LogP contribution is -2.21. The van der Waals surface area contributed by atoms with Crippen LogP contribution in [0.1, 0.15) is 21.7 Å². The number of sulfonamides is 1. The fourth-order valence-corrected chi connectivity index (χ4v) is 2.80. The van der Waals surface area contributed by atoms with Crippen LogP contribution in [0.25, 0.3) is 5.82 Å². The first-order valence-electron chi connectivity index (χ1n) is 5.90. The molecule has 21 heavy (non-hydrogen) atoms. The van der Waals surface area contributed by atoms with Crippen molar-refractivity contribution in [1.82, 2.24) is 14.8 Å². The van der Waals surface area contributed by atoms with Crippen LogP contribution in [0, 0.1) is 13.8 Å². The van der Waals surface area contributed by atoms with Crippen molar-refractivity contribution in [2.75, 3.05) is 7.11 Å². The summed E-state index contributed by atoms with van der Waals surface area (Å²) in [6, 6.07) is 5.01. The number of carbonyl (C=O) groups is 1. The molecule has 0 unspecified atom stereocenters. The van der Waals surface area contributed by atoms with Crippen molar-refractivity contribution < 1.29 is 17.9 Å². The predicted octanol–water partition coefficient (Wildman–Crippen LogP) is 0.318. The highest BCUT2D eigenvalue weighted by Crippen LogP contribution is 2.22. The maximum absolute atomic E-state index is 11.8. The number of hydrogen-bond donors (Lipinski definition) is 1. The van der Waals surface area contributed by atoms with E-state index in [1.54, 1.807) is 25.1 Å². The Morgan fingerprint density at radius 2 is 2.00 bits per heavy atom. The zero-order valence-corrected chi connectivity index (χ0v) is 12.5. The number of pyridine rings is 1. The van der Waals surface area contributed by atoms with Gasteiger partial charge in [-0.25, -0.2) is 28.0 Å². The molecule has 0 aliphatic rings. The minimum Gasteiger partial charge on any atom is -0.465 e. The number of carbonyl (C=O) groups excluding carboxylic acids is 1. The van der Waals surface area contributed by atoms with Gasteiger partial charge in [-0.1, -0.05) is 6.07 Å². The molecule has 2 aromatic rings. The van der Waals surface area contributed by atoms with E-state index in [2.05, 4.69) is 14.8 Å². The lowest BCUT2D eigenvalue weighted by Gasteiger charge is -2.06. The van der Waals surface area contributed by atoms with E-state index in [4.69, 9.17) is 5.14 Å². The van der Waals surface area contributed by atoms with Crippen molar-refractivity contribution in [3.63, 3.8) is 0 Å². The van der Waals surface area contributed by atoms with Gasteiger partial charge in [0.15, 0.2) is 10.8 Å². The summed E-state index contributed by atoms with van der Waals surface area (Å²) in [7, 11) is -3.05. The van der Waals surface area contributed by atoms with E-state index < -0.39 is 21.0 Å². The Kier molecular flexibility index (Phi) is 3.79. The van der Waals surface area contributed by atoms with Gasteiger partial charge < -0.3 is 4.74 Å². The summed E-state index contributed by atoms with van der Waals surface area (Å²) in [5.41, 5.74) is 0.665. The smallest absolute Gasteiger partial charge is 0.342 e. The molecule has 2 aromatic heterocycles. The Labute approximate surface area is 121 Å². The summed E-state index contributed by atoms with van der Waals surface area (Å²) in [5, 5.41) is 8.83. The number of rotatable bonds is 3. The number of esters is 1. The predicted molar refractivity (Wildman–Crippen MR) is 73.5 cm³/mol. The lowest BCUT2D eigenvalue weighted by atomic mass is 10.3. The van der Waals surface area contributed by atoms with Crippen molar-refractivity contribution in [2.24, 2.45) is 5.14 Å². The van der Waals surface area contributed by atoms with Crippen LogP contribution in [0.15, 0.2) is 23.2 Å². The first kappa shape index (κ1) is 15.1. The molecule has 8 nitrogen and oxygen atoms in total. The molecule has 0 fully saturated rings. The lowest BCUT2D eigenvalue weighted by molar-refractivity contribution is 0.0595. The van der Waals surface area contributed by atoms with E-state index >= 15 is 0 Å². The summed E-state index contributed by atoms with van der Waals surface area (Å²) in [6.45, 7) is 3.24. The maximum atomic E-state index is 11.8. The highest BCUT2D eigenvalue weighted by Gasteiger charge is 2.30. The molecule has 0 saturated heterocycles. The number of methoxy groups -OCH3 is 1. The van der Waals surface area contributed by atoms with Crippen LogP contribution in [0.2, 0.25) is 0 Å². The number of aromatic nitrogens is 3. The van der Waals surface area contributed by atoms with E-state index in [1.807, 2.05) is 0 Å². The second kappa shape index (κ2) is 5.26. The number of nitrogens with two attached hydrogens (primary N) is 1. The van der Waals surface area contributed by atoms with E-state index in [0.717, 1.165) is 11.8 Å². The summed E-state index contributed by atoms with van der Waals surface area (Å²) in [5.74, 6) is -0.576. The van der Waals surface area contributed by atoms with Crippen molar-refractivity contribution in [3.05, 3.63) is 35.2 Å². The summed E-state index contributed by atoms with van der Waals surface area (Å²) in [4.78, 5) is 16.0. The molecule has 0 aliphatic heterocycles. The third kappa shape index (κ3) is 2.78. The number of hydrogen-bond acceptors (Lipinski definition) is 6. The molecule has 2 N–H and O–H groups in total. The van der Waals surface area contributed by atoms with Crippen LogP contribution in [0.3, 0.4) is 0 Å². The molecule has 0 bridgehead atoms. The van der Waals surface area contributed by atoms with Gasteiger partial charge in [-0.2, -0.15) is 5.10 Å². The third-order valence-electron chi connectivity index (χ3n) is 2.77. The van der Waals surface area contributed by atoms with Gasteiger partial charge in [0.2, 0.25) is 0 Å². The molecule has 0 atom stereocenters.